The molecule has 0 aromatic heterocycles. The molecule has 3 rings (SSSR count). The van der Waals surface area contributed by atoms with E-state index in [0.29, 0.717) is 17.7 Å². The number of Topliss-reactive ketones (excluding diaryl/α,β-unsaturated/α-hetero) is 1. The molecule has 2 unspecified atom stereocenters. The minimum absolute atomic E-state index is 0.0983. The van der Waals surface area contributed by atoms with Crippen LogP contribution >= 0.6 is 0 Å². The summed E-state index contributed by atoms with van der Waals surface area (Å²) in [5.74, 6) is 0.938. The van der Waals surface area contributed by atoms with Crippen LogP contribution in [-0.2, 0) is 0 Å². The maximum Gasteiger partial charge on any atom is 0.170 e. The lowest BCUT2D eigenvalue weighted by atomic mass is 9.84. The quantitative estimate of drug-likeness (QED) is 0.753. The second-order valence-corrected chi connectivity index (χ2v) is 6.23. The van der Waals surface area contributed by atoms with E-state index in [2.05, 4.69) is 6.92 Å². The van der Waals surface area contributed by atoms with Crippen molar-refractivity contribution in [3.05, 3.63) is 29.6 Å². The summed E-state index contributed by atoms with van der Waals surface area (Å²) in [6.45, 7) is 2.22. The van der Waals surface area contributed by atoms with E-state index in [1.165, 1.54) is 25.0 Å². The Morgan fingerprint density at radius 2 is 2.20 bits per heavy atom. The molecule has 1 saturated carbocycles. The van der Waals surface area contributed by atoms with E-state index in [4.69, 9.17) is 4.74 Å². The zero-order valence-corrected chi connectivity index (χ0v) is 12.0. The molecule has 3 heteroatoms. The number of rotatable bonds is 1. The lowest BCUT2D eigenvalue weighted by molar-refractivity contribution is 0.0287. The number of ether oxygens (including phenoxy) is 1. The second kappa shape index (κ2) is 5.19. The monoisotopic (exact) mass is 276 g/mol. The van der Waals surface area contributed by atoms with Gasteiger partial charge in [0.2, 0.25) is 0 Å². The predicted octanol–water partition coefficient (Wildman–Crippen LogP) is 4.52. The van der Waals surface area contributed by atoms with Crippen molar-refractivity contribution in [2.45, 2.75) is 57.5 Å². The van der Waals surface area contributed by atoms with E-state index < -0.39 is 0 Å². The molecule has 2 aliphatic rings. The summed E-state index contributed by atoms with van der Waals surface area (Å²) in [5, 5.41) is 0. The summed E-state index contributed by atoms with van der Waals surface area (Å²) in [7, 11) is 0. The fourth-order valence-electron chi connectivity index (χ4n) is 3.60. The first-order valence-electron chi connectivity index (χ1n) is 7.64. The Bertz CT molecular complexity index is 526. The molecule has 0 radical (unpaired) electrons. The van der Waals surface area contributed by atoms with Crippen LogP contribution in [-0.4, -0.2) is 11.4 Å². The van der Waals surface area contributed by atoms with Crippen LogP contribution in [0.2, 0.25) is 0 Å². The molecule has 2 nitrogen and oxygen atoms in total. The minimum atomic E-state index is -0.387. The van der Waals surface area contributed by atoms with E-state index in [-0.39, 0.29) is 17.2 Å². The average Bonchev–Trinajstić information content (AvgIpc) is 2.60. The molecule has 20 heavy (non-hydrogen) atoms. The van der Waals surface area contributed by atoms with Gasteiger partial charge in [0.05, 0.1) is 12.0 Å². The van der Waals surface area contributed by atoms with Gasteiger partial charge in [-0.05, 0) is 43.7 Å². The highest BCUT2D eigenvalue weighted by Crippen LogP contribution is 2.42. The normalized spacial score (nSPS) is 29.7. The topological polar surface area (TPSA) is 26.3 Å². The van der Waals surface area contributed by atoms with Gasteiger partial charge in [0.15, 0.2) is 5.78 Å². The van der Waals surface area contributed by atoms with Crippen LogP contribution in [0.15, 0.2) is 18.2 Å². The van der Waals surface area contributed by atoms with Crippen molar-refractivity contribution >= 4 is 5.78 Å². The molecule has 108 valence electrons. The lowest BCUT2D eigenvalue weighted by Crippen LogP contribution is -2.41. The molecule has 1 fully saturated rings. The third kappa shape index (κ3) is 2.46. The van der Waals surface area contributed by atoms with Crippen LogP contribution in [0.4, 0.5) is 4.39 Å². The Balaban J connectivity index is 1.88. The number of fused-ring (bicyclic) bond motifs is 1. The van der Waals surface area contributed by atoms with Gasteiger partial charge in [0.25, 0.3) is 0 Å². The molecule has 0 amide bonds. The fourth-order valence-corrected chi connectivity index (χ4v) is 3.60. The molecule has 1 aromatic rings. The van der Waals surface area contributed by atoms with Gasteiger partial charge in [-0.3, -0.25) is 4.79 Å². The number of ketones is 1. The molecule has 1 aliphatic carbocycles. The Morgan fingerprint density at radius 3 is 3.00 bits per heavy atom. The van der Waals surface area contributed by atoms with E-state index in [0.717, 1.165) is 31.6 Å². The number of halogens is 1. The Hall–Kier alpha value is -1.38. The first-order chi connectivity index (χ1) is 9.62. The zero-order valence-electron chi connectivity index (χ0n) is 12.0. The molecule has 1 heterocycles. The van der Waals surface area contributed by atoms with Gasteiger partial charge in [-0.2, -0.15) is 0 Å². The van der Waals surface area contributed by atoms with E-state index >= 15 is 0 Å². The number of carbonyl (C=O) groups excluding carboxylic acids is 1. The molecule has 0 N–H and O–H groups in total. The van der Waals surface area contributed by atoms with Crippen molar-refractivity contribution in [1.29, 1.82) is 0 Å². The van der Waals surface area contributed by atoms with Gasteiger partial charge < -0.3 is 4.74 Å². The first kappa shape index (κ1) is 13.6. The summed E-state index contributed by atoms with van der Waals surface area (Å²) in [5.41, 5.74) is 0.148. The molecule has 1 aliphatic heterocycles. The Kier molecular flexibility index (Phi) is 3.53. The first-order valence-corrected chi connectivity index (χ1v) is 7.64. The summed E-state index contributed by atoms with van der Waals surface area (Å²) < 4.78 is 19.5. The van der Waals surface area contributed by atoms with Crippen molar-refractivity contribution in [3.63, 3.8) is 0 Å². The third-order valence-electron chi connectivity index (χ3n) is 4.88. The largest absolute Gasteiger partial charge is 0.486 e. The summed E-state index contributed by atoms with van der Waals surface area (Å²) in [6, 6.07) is 4.24. The van der Waals surface area contributed by atoms with Gasteiger partial charge in [0.1, 0.15) is 17.2 Å². The van der Waals surface area contributed by atoms with Crippen molar-refractivity contribution in [1.82, 2.24) is 0 Å². The molecular formula is C17H21FO2. The van der Waals surface area contributed by atoms with Gasteiger partial charge in [-0.25, -0.2) is 4.39 Å². The smallest absolute Gasteiger partial charge is 0.170 e. The Labute approximate surface area is 119 Å². The van der Waals surface area contributed by atoms with E-state index in [1.54, 1.807) is 6.07 Å². The maximum absolute atomic E-state index is 13.4. The number of hydrogen-bond acceptors (Lipinski definition) is 2. The van der Waals surface area contributed by atoms with Gasteiger partial charge in [0, 0.05) is 6.07 Å². The fraction of sp³-hybridized carbons (Fsp3) is 0.588. The summed E-state index contributed by atoms with van der Waals surface area (Å²) >= 11 is 0. The highest BCUT2D eigenvalue weighted by atomic mass is 19.1. The van der Waals surface area contributed by atoms with Gasteiger partial charge in [-0.1, -0.05) is 19.8 Å². The molecule has 2 atom stereocenters. The van der Waals surface area contributed by atoms with E-state index in [9.17, 15) is 9.18 Å². The van der Waals surface area contributed by atoms with Crippen LogP contribution in [0, 0.1) is 11.7 Å². The number of hydrogen-bond donors (Lipinski definition) is 0. The van der Waals surface area contributed by atoms with Crippen molar-refractivity contribution in [2.24, 2.45) is 5.92 Å². The molecular weight excluding hydrogens is 255 g/mol. The van der Waals surface area contributed by atoms with Crippen LogP contribution < -0.4 is 4.74 Å². The van der Waals surface area contributed by atoms with Crippen LogP contribution in [0.25, 0.3) is 0 Å². The Morgan fingerprint density at radius 1 is 1.35 bits per heavy atom. The number of carbonyl (C=O) groups is 1. The predicted molar refractivity (Wildman–Crippen MR) is 75.6 cm³/mol. The average molecular weight is 276 g/mol. The highest BCUT2D eigenvalue weighted by molar-refractivity contribution is 6.00. The molecule has 1 spiro atoms. The minimum Gasteiger partial charge on any atom is -0.486 e. The van der Waals surface area contributed by atoms with Crippen molar-refractivity contribution < 1.29 is 13.9 Å². The van der Waals surface area contributed by atoms with Gasteiger partial charge in [-0.15, -0.1) is 0 Å². The standard InChI is InChI=1S/C17H21FO2/c1-2-12-4-3-8-17(9-7-12)11-15(19)14-6-5-13(18)10-16(14)20-17/h5-6,10,12H,2-4,7-9,11H2,1H3. The highest BCUT2D eigenvalue weighted by Gasteiger charge is 2.41. The maximum atomic E-state index is 13.4. The van der Waals surface area contributed by atoms with Crippen LogP contribution in [0.3, 0.4) is 0 Å². The van der Waals surface area contributed by atoms with Crippen LogP contribution in [0.1, 0.15) is 62.2 Å². The second-order valence-electron chi connectivity index (χ2n) is 6.23. The molecule has 1 aromatic carbocycles. The number of benzene rings is 1. The van der Waals surface area contributed by atoms with Crippen molar-refractivity contribution in [2.75, 3.05) is 0 Å². The van der Waals surface area contributed by atoms with Crippen LogP contribution in [0.5, 0.6) is 5.75 Å². The SMILES string of the molecule is CCC1CCCC2(CC1)CC(=O)c1ccc(F)cc1O2. The zero-order chi connectivity index (χ0) is 14.2. The molecule has 0 saturated heterocycles. The van der Waals surface area contributed by atoms with Gasteiger partial charge >= 0.3 is 0 Å². The van der Waals surface area contributed by atoms with Crippen molar-refractivity contribution in [3.8, 4) is 5.75 Å². The third-order valence-corrected chi connectivity index (χ3v) is 4.88. The van der Waals surface area contributed by atoms with E-state index in [1.807, 2.05) is 0 Å². The summed E-state index contributed by atoms with van der Waals surface area (Å²) in [6.07, 6.45) is 6.87. The molecule has 0 bridgehead atoms. The summed E-state index contributed by atoms with van der Waals surface area (Å²) in [4.78, 5) is 12.3. The lowest BCUT2D eigenvalue weighted by Gasteiger charge is -2.37.